The Hall–Kier alpha value is -3.47. The minimum Gasteiger partial charge on any atom is -0.357 e. The molecule has 0 bridgehead atoms. The van der Waals surface area contributed by atoms with E-state index in [-0.39, 0.29) is 30.6 Å². The molecular formula is C25H25FN2O2. The highest BCUT2D eigenvalue weighted by molar-refractivity contribution is 5.88. The maximum atomic E-state index is 13.4. The van der Waals surface area contributed by atoms with Gasteiger partial charge in [-0.05, 0) is 35.2 Å². The number of aryl methyl sites for hydroxylation is 1. The molecule has 1 N–H and O–H groups in total. The highest BCUT2D eigenvalue weighted by Gasteiger charge is 2.30. The average molecular weight is 404 g/mol. The summed E-state index contributed by atoms with van der Waals surface area (Å²) in [6, 6.07) is 24.2. The molecule has 0 aromatic heterocycles. The molecule has 0 spiro atoms. The largest absolute Gasteiger partial charge is 0.357 e. The van der Waals surface area contributed by atoms with E-state index in [1.54, 1.807) is 24.1 Å². The molecule has 0 unspecified atom stereocenters. The second-order valence-electron chi connectivity index (χ2n) is 7.06. The van der Waals surface area contributed by atoms with Crippen molar-refractivity contribution in [2.24, 2.45) is 0 Å². The molecule has 5 heteroatoms. The fourth-order valence-corrected chi connectivity index (χ4v) is 3.39. The lowest BCUT2D eigenvalue weighted by molar-refractivity contribution is -0.141. The van der Waals surface area contributed by atoms with Gasteiger partial charge in [0.05, 0.1) is 0 Å². The summed E-state index contributed by atoms with van der Waals surface area (Å²) < 4.78 is 13.4. The number of carbonyl (C=O) groups is 2. The number of hydrogen-bond donors (Lipinski definition) is 1. The minimum atomic E-state index is -0.774. The van der Waals surface area contributed by atoms with E-state index < -0.39 is 6.04 Å². The molecule has 0 aliphatic heterocycles. The molecule has 0 aliphatic rings. The van der Waals surface area contributed by atoms with Crippen LogP contribution < -0.4 is 5.32 Å². The number of hydrogen-bond acceptors (Lipinski definition) is 2. The van der Waals surface area contributed by atoms with Crippen LogP contribution in [0.25, 0.3) is 0 Å². The lowest BCUT2D eigenvalue weighted by Gasteiger charge is -2.31. The molecule has 0 radical (unpaired) electrons. The average Bonchev–Trinajstić information content (AvgIpc) is 2.79. The zero-order chi connectivity index (χ0) is 21.3. The van der Waals surface area contributed by atoms with Crippen LogP contribution in [-0.2, 0) is 22.6 Å². The third-order valence-corrected chi connectivity index (χ3v) is 4.98. The lowest BCUT2D eigenvalue weighted by atomic mass is 10.0. The molecular weight excluding hydrogens is 379 g/mol. The first-order chi connectivity index (χ1) is 14.6. The Bertz CT molecular complexity index is 959. The first-order valence-electron chi connectivity index (χ1n) is 9.93. The Balaban J connectivity index is 1.90. The van der Waals surface area contributed by atoms with E-state index in [0.29, 0.717) is 6.42 Å². The maximum absolute atomic E-state index is 13.4. The number of nitrogens with zero attached hydrogens (tertiary/aromatic N) is 1. The Kier molecular flexibility index (Phi) is 7.33. The van der Waals surface area contributed by atoms with Crippen molar-refractivity contribution in [1.29, 1.82) is 0 Å². The molecule has 154 valence electrons. The van der Waals surface area contributed by atoms with Gasteiger partial charge in [0.15, 0.2) is 0 Å². The van der Waals surface area contributed by atoms with Crippen LogP contribution in [0.2, 0.25) is 0 Å². The van der Waals surface area contributed by atoms with Crippen LogP contribution in [0.4, 0.5) is 4.39 Å². The second-order valence-corrected chi connectivity index (χ2v) is 7.06. The molecule has 1 atom stereocenters. The second kappa shape index (κ2) is 10.3. The molecule has 2 amide bonds. The van der Waals surface area contributed by atoms with Crippen molar-refractivity contribution in [2.45, 2.75) is 25.4 Å². The van der Waals surface area contributed by atoms with Gasteiger partial charge in [0.1, 0.15) is 11.9 Å². The molecule has 3 aromatic rings. The fraction of sp³-hybridized carbons (Fsp3) is 0.200. The van der Waals surface area contributed by atoms with Gasteiger partial charge < -0.3 is 10.2 Å². The Morgan fingerprint density at radius 3 is 2.07 bits per heavy atom. The van der Waals surface area contributed by atoms with E-state index >= 15 is 0 Å². The zero-order valence-electron chi connectivity index (χ0n) is 16.9. The van der Waals surface area contributed by atoms with Gasteiger partial charge in [-0.2, -0.15) is 0 Å². The van der Waals surface area contributed by atoms with Crippen molar-refractivity contribution in [3.63, 3.8) is 0 Å². The molecule has 3 rings (SSSR count). The lowest BCUT2D eigenvalue weighted by Crippen LogP contribution is -2.42. The van der Waals surface area contributed by atoms with Gasteiger partial charge in [-0.25, -0.2) is 4.39 Å². The molecule has 0 aliphatic carbocycles. The highest BCUT2D eigenvalue weighted by atomic mass is 19.1. The molecule has 30 heavy (non-hydrogen) atoms. The topological polar surface area (TPSA) is 49.4 Å². The summed E-state index contributed by atoms with van der Waals surface area (Å²) in [5.74, 6) is -0.747. The Labute approximate surface area is 176 Å². The summed E-state index contributed by atoms with van der Waals surface area (Å²) in [7, 11) is 1.56. The van der Waals surface area contributed by atoms with Crippen LogP contribution >= 0.6 is 0 Å². The Morgan fingerprint density at radius 2 is 1.47 bits per heavy atom. The molecule has 0 heterocycles. The molecule has 0 saturated heterocycles. The first kappa shape index (κ1) is 21.2. The number of amides is 2. The van der Waals surface area contributed by atoms with Gasteiger partial charge in [0, 0.05) is 20.0 Å². The van der Waals surface area contributed by atoms with Crippen LogP contribution in [0.15, 0.2) is 84.9 Å². The first-order valence-corrected chi connectivity index (χ1v) is 9.93. The van der Waals surface area contributed by atoms with E-state index in [9.17, 15) is 14.0 Å². The SMILES string of the molecule is CNC(=O)[C@H](c1ccccc1)N(Cc1ccc(F)cc1)C(=O)CCc1ccccc1. The van der Waals surface area contributed by atoms with Gasteiger partial charge in [0.25, 0.3) is 0 Å². The van der Waals surface area contributed by atoms with Crippen molar-refractivity contribution in [2.75, 3.05) is 7.05 Å². The van der Waals surface area contributed by atoms with Gasteiger partial charge in [-0.3, -0.25) is 9.59 Å². The van der Waals surface area contributed by atoms with Crippen molar-refractivity contribution in [1.82, 2.24) is 10.2 Å². The van der Waals surface area contributed by atoms with Crippen LogP contribution in [-0.4, -0.2) is 23.8 Å². The Morgan fingerprint density at radius 1 is 0.867 bits per heavy atom. The van der Waals surface area contributed by atoms with Crippen LogP contribution in [0.3, 0.4) is 0 Å². The molecule has 0 fully saturated rings. The zero-order valence-corrected chi connectivity index (χ0v) is 16.9. The van der Waals surface area contributed by atoms with Gasteiger partial charge >= 0.3 is 0 Å². The number of halogens is 1. The van der Waals surface area contributed by atoms with Gasteiger partial charge in [0.2, 0.25) is 11.8 Å². The van der Waals surface area contributed by atoms with Crippen molar-refractivity contribution in [3.8, 4) is 0 Å². The molecule has 3 aromatic carbocycles. The van der Waals surface area contributed by atoms with Crippen molar-refractivity contribution >= 4 is 11.8 Å². The van der Waals surface area contributed by atoms with E-state index in [4.69, 9.17) is 0 Å². The van der Waals surface area contributed by atoms with Crippen LogP contribution in [0.1, 0.15) is 29.2 Å². The summed E-state index contributed by atoms with van der Waals surface area (Å²) in [5, 5.41) is 2.67. The summed E-state index contributed by atoms with van der Waals surface area (Å²) in [6.07, 6.45) is 0.848. The molecule has 0 saturated carbocycles. The number of rotatable bonds is 8. The van der Waals surface area contributed by atoms with Crippen LogP contribution in [0, 0.1) is 5.82 Å². The van der Waals surface area contributed by atoms with Crippen molar-refractivity contribution < 1.29 is 14.0 Å². The third kappa shape index (κ3) is 5.54. The number of carbonyl (C=O) groups excluding carboxylic acids is 2. The van der Waals surface area contributed by atoms with E-state index in [0.717, 1.165) is 16.7 Å². The summed E-state index contributed by atoms with van der Waals surface area (Å²) >= 11 is 0. The normalized spacial score (nSPS) is 11.5. The number of nitrogens with one attached hydrogen (secondary N) is 1. The summed E-state index contributed by atoms with van der Waals surface area (Å²) in [4.78, 5) is 27.7. The van der Waals surface area contributed by atoms with Crippen molar-refractivity contribution in [3.05, 3.63) is 107 Å². The van der Waals surface area contributed by atoms with E-state index in [1.807, 2.05) is 60.7 Å². The number of likely N-dealkylation sites (N-methyl/N-ethyl adjacent to an activating group) is 1. The monoisotopic (exact) mass is 404 g/mol. The van der Waals surface area contributed by atoms with Gasteiger partial charge in [-0.15, -0.1) is 0 Å². The summed E-state index contributed by atoms with van der Waals surface area (Å²) in [5.41, 5.74) is 2.55. The maximum Gasteiger partial charge on any atom is 0.247 e. The predicted molar refractivity (Wildman–Crippen MR) is 115 cm³/mol. The quantitative estimate of drug-likeness (QED) is 0.609. The predicted octanol–water partition coefficient (Wildman–Crippen LogP) is 4.27. The van der Waals surface area contributed by atoms with E-state index in [2.05, 4.69) is 5.32 Å². The van der Waals surface area contributed by atoms with Crippen LogP contribution in [0.5, 0.6) is 0 Å². The summed E-state index contributed by atoms with van der Waals surface area (Å²) in [6.45, 7) is 0.209. The highest BCUT2D eigenvalue weighted by Crippen LogP contribution is 2.25. The minimum absolute atomic E-state index is 0.138. The third-order valence-electron chi connectivity index (χ3n) is 4.98. The van der Waals surface area contributed by atoms with Gasteiger partial charge in [-0.1, -0.05) is 72.8 Å². The smallest absolute Gasteiger partial charge is 0.247 e. The number of benzene rings is 3. The van der Waals surface area contributed by atoms with E-state index in [1.165, 1.54) is 12.1 Å². The fourth-order valence-electron chi connectivity index (χ4n) is 3.39. The molecule has 4 nitrogen and oxygen atoms in total. The standard InChI is InChI=1S/C25H25FN2O2/c1-27-25(30)24(21-10-6-3-7-11-21)28(18-20-12-15-22(26)16-13-20)23(29)17-14-19-8-4-2-5-9-19/h2-13,15-16,24H,14,17-18H2,1H3,(H,27,30)/t24-/m0/s1.